The molecule has 0 spiro atoms. The molecular weight excluding hydrogens is 214 g/mol. The van der Waals surface area contributed by atoms with Crippen molar-refractivity contribution < 1.29 is 9.47 Å². The van der Waals surface area contributed by atoms with Gasteiger partial charge in [-0.1, -0.05) is 12.1 Å². The van der Waals surface area contributed by atoms with Gasteiger partial charge in [0.1, 0.15) is 5.75 Å². The quantitative estimate of drug-likeness (QED) is 0.702. The molecule has 0 heterocycles. The number of benzene rings is 1. The third kappa shape index (κ3) is 4.75. The molecule has 94 valence electrons. The molecule has 1 aromatic rings. The van der Waals surface area contributed by atoms with Gasteiger partial charge in [0.15, 0.2) is 0 Å². The van der Waals surface area contributed by atoms with Crippen LogP contribution >= 0.6 is 0 Å². The summed E-state index contributed by atoms with van der Waals surface area (Å²) in [6.07, 6.45) is 3.58. The van der Waals surface area contributed by atoms with Crippen LogP contribution < -0.4 is 10.1 Å². The average molecular weight is 235 g/mol. The van der Waals surface area contributed by atoms with Gasteiger partial charge in [-0.15, -0.1) is 0 Å². The van der Waals surface area contributed by atoms with Gasteiger partial charge in [0, 0.05) is 32.7 Å². The topological polar surface area (TPSA) is 30.5 Å². The maximum absolute atomic E-state index is 5.66. The summed E-state index contributed by atoms with van der Waals surface area (Å²) in [4.78, 5) is 0. The highest BCUT2D eigenvalue weighted by Crippen LogP contribution is 2.20. The Morgan fingerprint density at radius 3 is 2.94 bits per heavy atom. The Kier molecular flexibility index (Phi) is 4.83. The second-order valence-corrected chi connectivity index (χ2v) is 4.50. The van der Waals surface area contributed by atoms with Crippen LogP contribution in [0.3, 0.4) is 0 Å². The van der Waals surface area contributed by atoms with Crippen LogP contribution in [-0.2, 0) is 11.3 Å². The third-order valence-electron chi connectivity index (χ3n) is 2.83. The van der Waals surface area contributed by atoms with E-state index in [1.807, 2.05) is 6.07 Å². The lowest BCUT2D eigenvalue weighted by atomic mass is 10.2. The molecular formula is C14H21NO2. The van der Waals surface area contributed by atoms with E-state index in [0.717, 1.165) is 31.4 Å². The van der Waals surface area contributed by atoms with E-state index in [1.165, 1.54) is 18.4 Å². The molecule has 3 heteroatoms. The largest absolute Gasteiger partial charge is 0.493 e. The van der Waals surface area contributed by atoms with E-state index in [4.69, 9.17) is 9.47 Å². The molecule has 0 saturated heterocycles. The molecule has 2 rings (SSSR count). The first kappa shape index (κ1) is 12.4. The molecule has 1 aliphatic rings. The predicted molar refractivity (Wildman–Crippen MR) is 68.3 cm³/mol. The number of methoxy groups -OCH3 is 1. The van der Waals surface area contributed by atoms with Crippen molar-refractivity contribution in [1.82, 2.24) is 5.32 Å². The van der Waals surface area contributed by atoms with Crippen molar-refractivity contribution in [2.24, 2.45) is 0 Å². The number of rotatable bonds is 8. The van der Waals surface area contributed by atoms with Crippen LogP contribution in [0.2, 0.25) is 0 Å². The summed E-state index contributed by atoms with van der Waals surface area (Å²) < 4.78 is 10.6. The SMILES string of the molecule is COCCCOc1cccc(CNC2CC2)c1. The highest BCUT2D eigenvalue weighted by atomic mass is 16.5. The number of nitrogens with one attached hydrogen (secondary N) is 1. The first-order chi connectivity index (χ1) is 8.38. The van der Waals surface area contributed by atoms with Crippen LogP contribution in [0.4, 0.5) is 0 Å². The monoisotopic (exact) mass is 235 g/mol. The van der Waals surface area contributed by atoms with E-state index in [-0.39, 0.29) is 0 Å². The summed E-state index contributed by atoms with van der Waals surface area (Å²) in [5.41, 5.74) is 1.29. The summed E-state index contributed by atoms with van der Waals surface area (Å²) in [5.74, 6) is 0.955. The molecule has 17 heavy (non-hydrogen) atoms. The first-order valence-corrected chi connectivity index (χ1v) is 6.32. The lowest BCUT2D eigenvalue weighted by Crippen LogP contribution is -2.15. The molecule has 1 N–H and O–H groups in total. The van der Waals surface area contributed by atoms with E-state index in [2.05, 4.69) is 23.5 Å². The van der Waals surface area contributed by atoms with Crippen molar-refractivity contribution in [1.29, 1.82) is 0 Å². The summed E-state index contributed by atoms with van der Waals surface area (Å²) in [5, 5.41) is 3.50. The maximum atomic E-state index is 5.66. The zero-order valence-electron chi connectivity index (χ0n) is 10.4. The fourth-order valence-electron chi connectivity index (χ4n) is 1.69. The second kappa shape index (κ2) is 6.62. The fourth-order valence-corrected chi connectivity index (χ4v) is 1.69. The Labute approximate surface area is 103 Å². The number of ether oxygens (including phenoxy) is 2. The van der Waals surface area contributed by atoms with Gasteiger partial charge in [-0.3, -0.25) is 0 Å². The zero-order chi connectivity index (χ0) is 11.9. The van der Waals surface area contributed by atoms with Crippen molar-refractivity contribution >= 4 is 0 Å². The standard InChI is InChI=1S/C14H21NO2/c1-16-8-3-9-17-14-5-2-4-12(10-14)11-15-13-6-7-13/h2,4-5,10,13,15H,3,6-9,11H2,1H3. The van der Waals surface area contributed by atoms with Crippen molar-refractivity contribution in [3.8, 4) is 5.75 Å². The number of hydrogen-bond donors (Lipinski definition) is 1. The molecule has 0 radical (unpaired) electrons. The molecule has 0 bridgehead atoms. The molecule has 0 unspecified atom stereocenters. The van der Waals surface area contributed by atoms with Crippen molar-refractivity contribution in [2.45, 2.75) is 31.8 Å². The Bertz CT molecular complexity index is 337. The Balaban J connectivity index is 1.74. The van der Waals surface area contributed by atoms with Crippen LogP contribution in [0.25, 0.3) is 0 Å². The average Bonchev–Trinajstić information content (AvgIpc) is 3.17. The van der Waals surface area contributed by atoms with Gasteiger partial charge in [-0.2, -0.15) is 0 Å². The van der Waals surface area contributed by atoms with Crippen LogP contribution in [0, 0.1) is 0 Å². The molecule has 0 aliphatic heterocycles. The minimum absolute atomic E-state index is 0.716. The van der Waals surface area contributed by atoms with Crippen molar-refractivity contribution in [2.75, 3.05) is 20.3 Å². The van der Waals surface area contributed by atoms with Gasteiger partial charge in [-0.05, 0) is 30.5 Å². The summed E-state index contributed by atoms with van der Waals surface area (Å²) in [6, 6.07) is 9.06. The lowest BCUT2D eigenvalue weighted by molar-refractivity contribution is 0.172. The Morgan fingerprint density at radius 2 is 2.18 bits per heavy atom. The summed E-state index contributed by atoms with van der Waals surface area (Å²) in [6.45, 7) is 2.41. The second-order valence-electron chi connectivity index (χ2n) is 4.50. The first-order valence-electron chi connectivity index (χ1n) is 6.32. The van der Waals surface area contributed by atoms with Gasteiger partial charge in [-0.25, -0.2) is 0 Å². The summed E-state index contributed by atoms with van der Waals surface area (Å²) >= 11 is 0. The zero-order valence-corrected chi connectivity index (χ0v) is 10.4. The maximum Gasteiger partial charge on any atom is 0.119 e. The van der Waals surface area contributed by atoms with Gasteiger partial charge in [0.05, 0.1) is 6.61 Å². The van der Waals surface area contributed by atoms with Gasteiger partial charge >= 0.3 is 0 Å². The van der Waals surface area contributed by atoms with Crippen molar-refractivity contribution in [3.05, 3.63) is 29.8 Å². The van der Waals surface area contributed by atoms with Crippen LogP contribution in [0.1, 0.15) is 24.8 Å². The third-order valence-corrected chi connectivity index (χ3v) is 2.83. The molecule has 1 fully saturated rings. The smallest absolute Gasteiger partial charge is 0.119 e. The summed E-state index contributed by atoms with van der Waals surface area (Å²) in [7, 11) is 1.71. The lowest BCUT2D eigenvalue weighted by Gasteiger charge is -2.08. The number of hydrogen-bond acceptors (Lipinski definition) is 3. The van der Waals surface area contributed by atoms with Crippen LogP contribution in [-0.4, -0.2) is 26.4 Å². The molecule has 0 amide bonds. The van der Waals surface area contributed by atoms with Crippen LogP contribution in [0.15, 0.2) is 24.3 Å². The molecule has 0 atom stereocenters. The van der Waals surface area contributed by atoms with Crippen LogP contribution in [0.5, 0.6) is 5.75 Å². The Hall–Kier alpha value is -1.06. The van der Waals surface area contributed by atoms with E-state index in [0.29, 0.717) is 6.61 Å². The predicted octanol–water partition coefficient (Wildman–Crippen LogP) is 2.35. The van der Waals surface area contributed by atoms with Gasteiger partial charge in [0.2, 0.25) is 0 Å². The minimum Gasteiger partial charge on any atom is -0.493 e. The molecule has 1 aromatic carbocycles. The molecule has 0 aromatic heterocycles. The fraction of sp³-hybridized carbons (Fsp3) is 0.571. The molecule has 1 aliphatic carbocycles. The molecule has 1 saturated carbocycles. The van der Waals surface area contributed by atoms with E-state index < -0.39 is 0 Å². The molecule has 3 nitrogen and oxygen atoms in total. The van der Waals surface area contributed by atoms with E-state index in [9.17, 15) is 0 Å². The van der Waals surface area contributed by atoms with Gasteiger partial charge in [0.25, 0.3) is 0 Å². The highest BCUT2D eigenvalue weighted by molar-refractivity contribution is 5.28. The van der Waals surface area contributed by atoms with E-state index in [1.54, 1.807) is 7.11 Å². The Morgan fingerprint density at radius 1 is 1.29 bits per heavy atom. The van der Waals surface area contributed by atoms with Gasteiger partial charge < -0.3 is 14.8 Å². The van der Waals surface area contributed by atoms with Crippen molar-refractivity contribution in [3.63, 3.8) is 0 Å². The van der Waals surface area contributed by atoms with E-state index >= 15 is 0 Å². The normalized spacial score (nSPS) is 14.9. The minimum atomic E-state index is 0.716. The highest BCUT2D eigenvalue weighted by Gasteiger charge is 2.19.